The van der Waals surface area contributed by atoms with Crippen LogP contribution in [-0.4, -0.2) is 76.3 Å². The quantitative estimate of drug-likeness (QED) is 0.356. The molecule has 0 aliphatic carbocycles. The molecule has 1 heterocycles. The number of aromatic nitrogens is 1. The van der Waals surface area contributed by atoms with Gasteiger partial charge in [0.1, 0.15) is 11.5 Å². The molecule has 3 aromatic rings. The second kappa shape index (κ2) is 13.0. The van der Waals surface area contributed by atoms with E-state index in [0.717, 1.165) is 72.2 Å². The minimum atomic E-state index is 0.694. The number of pyridine rings is 1. The number of hydrogen-bond acceptors (Lipinski definition) is 6. The molecule has 1 N–H and O–H groups in total. The van der Waals surface area contributed by atoms with E-state index < -0.39 is 0 Å². The molecular formula is C28H38N4O2. The van der Waals surface area contributed by atoms with E-state index in [2.05, 4.69) is 67.6 Å². The van der Waals surface area contributed by atoms with Crippen molar-refractivity contribution in [3.05, 3.63) is 60.7 Å². The lowest BCUT2D eigenvalue weighted by Gasteiger charge is -2.14. The molecule has 1 aromatic heterocycles. The number of ether oxygens (including phenoxy) is 2. The van der Waals surface area contributed by atoms with E-state index in [4.69, 9.17) is 14.5 Å². The Labute approximate surface area is 204 Å². The molecule has 0 unspecified atom stereocenters. The van der Waals surface area contributed by atoms with Gasteiger partial charge in [-0.05, 0) is 96.1 Å². The Morgan fingerprint density at radius 1 is 0.765 bits per heavy atom. The lowest BCUT2D eigenvalue weighted by atomic mass is 10.1. The van der Waals surface area contributed by atoms with Crippen LogP contribution in [0.4, 0.5) is 5.69 Å². The molecule has 34 heavy (non-hydrogen) atoms. The first-order chi connectivity index (χ1) is 16.4. The third-order valence-electron chi connectivity index (χ3n) is 5.47. The zero-order chi connectivity index (χ0) is 24.3. The van der Waals surface area contributed by atoms with Crippen molar-refractivity contribution >= 4 is 5.69 Å². The largest absolute Gasteiger partial charge is 0.497 e. The molecule has 0 spiro atoms. The predicted octanol–water partition coefficient (Wildman–Crippen LogP) is 5.12. The van der Waals surface area contributed by atoms with Crippen molar-refractivity contribution in [3.63, 3.8) is 0 Å². The van der Waals surface area contributed by atoms with E-state index in [9.17, 15) is 0 Å². The molecule has 182 valence electrons. The summed E-state index contributed by atoms with van der Waals surface area (Å²) in [5.41, 5.74) is 4.99. The second-order valence-corrected chi connectivity index (χ2v) is 8.97. The van der Waals surface area contributed by atoms with Gasteiger partial charge < -0.3 is 24.6 Å². The maximum atomic E-state index is 6.00. The van der Waals surface area contributed by atoms with Gasteiger partial charge in [0.2, 0.25) is 0 Å². The molecule has 6 heteroatoms. The first kappa shape index (κ1) is 25.5. The Morgan fingerprint density at radius 2 is 1.44 bits per heavy atom. The molecule has 0 aliphatic heterocycles. The summed E-state index contributed by atoms with van der Waals surface area (Å²) in [6.45, 7) is 3.65. The van der Waals surface area contributed by atoms with Gasteiger partial charge in [-0.1, -0.05) is 12.1 Å². The highest BCUT2D eigenvalue weighted by atomic mass is 16.5. The summed E-state index contributed by atoms with van der Waals surface area (Å²) in [6, 6.07) is 20.5. The maximum absolute atomic E-state index is 6.00. The highest BCUT2D eigenvalue weighted by Gasteiger charge is 2.09. The van der Waals surface area contributed by atoms with E-state index >= 15 is 0 Å². The van der Waals surface area contributed by atoms with E-state index in [0.29, 0.717) is 6.61 Å². The first-order valence-electron chi connectivity index (χ1n) is 11.9. The van der Waals surface area contributed by atoms with Crippen LogP contribution in [0, 0.1) is 0 Å². The molecule has 0 atom stereocenters. The standard InChI is InChI=1S/C28H38N4O2/c1-31(2)16-7-15-29-24-20-27(22-11-13-25(33-5)14-12-22)30-28(21-24)23-9-6-10-26(19-23)34-18-8-17-32(3)4/h6,9-14,19-21H,7-8,15-18H2,1-5H3,(H,29,30). The summed E-state index contributed by atoms with van der Waals surface area (Å²) in [5, 5.41) is 3.58. The highest BCUT2D eigenvalue weighted by Crippen LogP contribution is 2.30. The fourth-order valence-corrected chi connectivity index (χ4v) is 3.63. The average molecular weight is 463 g/mol. The van der Waals surface area contributed by atoms with Gasteiger partial charge in [0.25, 0.3) is 0 Å². The van der Waals surface area contributed by atoms with E-state index in [1.165, 1.54) is 0 Å². The zero-order valence-electron chi connectivity index (χ0n) is 21.2. The van der Waals surface area contributed by atoms with Crippen LogP contribution in [0.5, 0.6) is 11.5 Å². The van der Waals surface area contributed by atoms with Crippen molar-refractivity contribution in [1.29, 1.82) is 0 Å². The third-order valence-corrected chi connectivity index (χ3v) is 5.47. The maximum Gasteiger partial charge on any atom is 0.119 e. The second-order valence-electron chi connectivity index (χ2n) is 8.97. The average Bonchev–Trinajstić information content (AvgIpc) is 2.84. The molecule has 0 amide bonds. The Morgan fingerprint density at radius 3 is 2.12 bits per heavy atom. The lowest BCUT2D eigenvalue weighted by molar-refractivity contribution is 0.281. The number of hydrogen-bond donors (Lipinski definition) is 1. The molecule has 0 bridgehead atoms. The number of anilines is 1. The van der Waals surface area contributed by atoms with Crippen molar-refractivity contribution in [2.75, 3.05) is 66.9 Å². The summed E-state index contributed by atoms with van der Waals surface area (Å²) in [6.07, 6.45) is 2.06. The molecular weight excluding hydrogens is 424 g/mol. The fourth-order valence-electron chi connectivity index (χ4n) is 3.63. The minimum absolute atomic E-state index is 0.694. The van der Waals surface area contributed by atoms with Crippen LogP contribution in [0.1, 0.15) is 12.8 Å². The smallest absolute Gasteiger partial charge is 0.119 e. The normalized spacial score (nSPS) is 11.1. The molecule has 0 saturated carbocycles. The van der Waals surface area contributed by atoms with Gasteiger partial charge in [0.15, 0.2) is 0 Å². The Hall–Kier alpha value is -3.09. The Bertz CT molecular complexity index is 1020. The number of nitrogens with one attached hydrogen (secondary N) is 1. The molecule has 6 nitrogen and oxygen atoms in total. The van der Waals surface area contributed by atoms with Gasteiger partial charge in [-0.2, -0.15) is 0 Å². The molecule has 2 aromatic carbocycles. The van der Waals surface area contributed by atoms with Crippen LogP contribution in [-0.2, 0) is 0 Å². The van der Waals surface area contributed by atoms with Crippen LogP contribution in [0.2, 0.25) is 0 Å². The van der Waals surface area contributed by atoms with Gasteiger partial charge in [0, 0.05) is 29.9 Å². The first-order valence-corrected chi connectivity index (χ1v) is 11.9. The minimum Gasteiger partial charge on any atom is -0.497 e. The summed E-state index contributed by atoms with van der Waals surface area (Å²) >= 11 is 0. The van der Waals surface area contributed by atoms with Gasteiger partial charge >= 0.3 is 0 Å². The van der Waals surface area contributed by atoms with Crippen molar-refractivity contribution in [2.24, 2.45) is 0 Å². The van der Waals surface area contributed by atoms with Crippen LogP contribution in [0.3, 0.4) is 0 Å². The van der Waals surface area contributed by atoms with E-state index in [1.807, 2.05) is 36.4 Å². The Balaban J connectivity index is 1.84. The number of nitrogens with zero attached hydrogens (tertiary/aromatic N) is 3. The predicted molar refractivity (Wildman–Crippen MR) is 142 cm³/mol. The molecule has 3 rings (SSSR count). The molecule has 0 saturated heterocycles. The SMILES string of the molecule is COc1ccc(-c2cc(NCCCN(C)C)cc(-c3cccc(OCCCN(C)C)c3)n2)cc1. The van der Waals surface area contributed by atoms with Crippen molar-refractivity contribution in [2.45, 2.75) is 12.8 Å². The number of methoxy groups -OCH3 is 1. The van der Waals surface area contributed by atoms with Gasteiger partial charge in [0.05, 0.1) is 25.1 Å². The van der Waals surface area contributed by atoms with Crippen LogP contribution in [0.25, 0.3) is 22.5 Å². The number of rotatable bonds is 13. The van der Waals surface area contributed by atoms with E-state index in [1.54, 1.807) is 7.11 Å². The lowest BCUT2D eigenvalue weighted by Crippen LogP contribution is -2.16. The van der Waals surface area contributed by atoms with Gasteiger partial charge in [-0.3, -0.25) is 0 Å². The van der Waals surface area contributed by atoms with E-state index in [-0.39, 0.29) is 0 Å². The topological polar surface area (TPSA) is 49.9 Å². The summed E-state index contributed by atoms with van der Waals surface area (Å²) in [7, 11) is 10.0. The van der Waals surface area contributed by atoms with Crippen LogP contribution < -0.4 is 14.8 Å². The number of benzene rings is 2. The molecule has 0 fully saturated rings. The summed E-state index contributed by atoms with van der Waals surface area (Å²) < 4.78 is 11.3. The fraction of sp³-hybridized carbons (Fsp3) is 0.393. The molecule has 0 radical (unpaired) electrons. The Kier molecular flexibility index (Phi) is 9.74. The monoisotopic (exact) mass is 462 g/mol. The van der Waals surface area contributed by atoms with Gasteiger partial charge in [-0.25, -0.2) is 4.98 Å². The highest BCUT2D eigenvalue weighted by molar-refractivity contribution is 5.73. The zero-order valence-corrected chi connectivity index (χ0v) is 21.2. The molecule has 0 aliphatic rings. The summed E-state index contributed by atoms with van der Waals surface area (Å²) in [5.74, 6) is 1.70. The van der Waals surface area contributed by atoms with Crippen molar-refractivity contribution < 1.29 is 9.47 Å². The summed E-state index contributed by atoms with van der Waals surface area (Å²) in [4.78, 5) is 9.36. The van der Waals surface area contributed by atoms with Crippen molar-refractivity contribution in [1.82, 2.24) is 14.8 Å². The van der Waals surface area contributed by atoms with Crippen molar-refractivity contribution in [3.8, 4) is 34.0 Å². The van der Waals surface area contributed by atoms with Crippen LogP contribution >= 0.6 is 0 Å². The third kappa shape index (κ3) is 8.04. The van der Waals surface area contributed by atoms with Crippen LogP contribution in [0.15, 0.2) is 60.7 Å². The van der Waals surface area contributed by atoms with Gasteiger partial charge in [-0.15, -0.1) is 0 Å².